The van der Waals surface area contributed by atoms with Gasteiger partial charge in [0.05, 0.1) is 11.2 Å². The summed E-state index contributed by atoms with van der Waals surface area (Å²) in [7, 11) is 0. The van der Waals surface area contributed by atoms with Gasteiger partial charge in [-0.3, -0.25) is 9.97 Å². The largest absolute Gasteiger partial charge is 0.265 e. The van der Waals surface area contributed by atoms with Crippen molar-refractivity contribution in [2.24, 2.45) is 5.92 Å². The van der Waals surface area contributed by atoms with Crippen molar-refractivity contribution >= 4 is 26.8 Å². The predicted octanol–water partition coefficient (Wildman–Crippen LogP) is 5.65. The number of pyridine rings is 2. The second-order valence-corrected chi connectivity index (χ2v) is 6.85. The number of aryl methyl sites for hydroxylation is 1. The summed E-state index contributed by atoms with van der Waals surface area (Å²) in [5, 5.41) is 1.16. The molecule has 3 aromatic rings. The third-order valence-corrected chi connectivity index (χ3v) is 4.50. The maximum atomic E-state index is 4.82. The molecule has 0 atom stereocenters. The first-order valence-corrected chi connectivity index (χ1v) is 8.42. The molecule has 2 aromatic heterocycles. The molecule has 3 heteroatoms. The van der Waals surface area contributed by atoms with Crippen LogP contribution in [0.15, 0.2) is 53.3 Å². The van der Waals surface area contributed by atoms with Gasteiger partial charge in [0, 0.05) is 22.3 Å². The maximum absolute atomic E-state index is 4.82. The van der Waals surface area contributed by atoms with E-state index in [0.717, 1.165) is 33.9 Å². The van der Waals surface area contributed by atoms with Crippen LogP contribution in [0.1, 0.15) is 26.0 Å². The fraction of sp³-hybridized carbons (Fsp3) is 0.263. The highest BCUT2D eigenvalue weighted by Crippen LogP contribution is 2.27. The number of rotatable bonds is 4. The molecule has 0 aliphatic rings. The minimum absolute atomic E-state index is 0.693. The van der Waals surface area contributed by atoms with Crippen LogP contribution in [0.5, 0.6) is 0 Å². The van der Waals surface area contributed by atoms with Gasteiger partial charge < -0.3 is 0 Å². The van der Waals surface area contributed by atoms with Crippen LogP contribution < -0.4 is 0 Å². The Morgan fingerprint density at radius 1 is 1.00 bits per heavy atom. The summed E-state index contributed by atoms with van der Waals surface area (Å²) >= 11 is 3.68. The highest BCUT2D eigenvalue weighted by molar-refractivity contribution is 9.10. The lowest BCUT2D eigenvalue weighted by Crippen LogP contribution is -1.97. The van der Waals surface area contributed by atoms with Crippen molar-refractivity contribution < 1.29 is 0 Å². The second-order valence-electron chi connectivity index (χ2n) is 5.99. The van der Waals surface area contributed by atoms with Crippen LogP contribution in [0, 0.1) is 5.92 Å². The molecule has 0 N–H and O–H groups in total. The van der Waals surface area contributed by atoms with Crippen LogP contribution in [0.2, 0.25) is 0 Å². The average Bonchev–Trinajstić information content (AvgIpc) is 2.53. The van der Waals surface area contributed by atoms with Crippen molar-refractivity contribution in [3.8, 4) is 11.1 Å². The van der Waals surface area contributed by atoms with Gasteiger partial charge in [-0.05, 0) is 76.1 Å². The average molecular weight is 355 g/mol. The fourth-order valence-corrected chi connectivity index (χ4v) is 3.05. The summed E-state index contributed by atoms with van der Waals surface area (Å²) in [6.45, 7) is 4.49. The number of hydrogen-bond acceptors (Lipinski definition) is 2. The van der Waals surface area contributed by atoms with E-state index in [1.807, 2.05) is 24.5 Å². The van der Waals surface area contributed by atoms with Gasteiger partial charge >= 0.3 is 0 Å². The molecule has 0 saturated carbocycles. The summed E-state index contributed by atoms with van der Waals surface area (Å²) < 4.78 is 1.10. The van der Waals surface area contributed by atoms with Gasteiger partial charge in [-0.2, -0.15) is 0 Å². The zero-order valence-corrected chi connectivity index (χ0v) is 14.5. The quantitative estimate of drug-likeness (QED) is 0.605. The molecule has 2 heterocycles. The molecule has 0 unspecified atom stereocenters. The first-order chi connectivity index (χ1) is 10.6. The number of nitrogens with zero attached hydrogens (tertiary/aromatic N) is 2. The van der Waals surface area contributed by atoms with Crippen molar-refractivity contribution in [2.45, 2.75) is 26.7 Å². The van der Waals surface area contributed by atoms with Gasteiger partial charge in [-0.25, -0.2) is 0 Å². The van der Waals surface area contributed by atoms with Crippen LogP contribution in [-0.2, 0) is 6.42 Å². The van der Waals surface area contributed by atoms with Gasteiger partial charge in [-0.15, -0.1) is 0 Å². The summed E-state index contributed by atoms with van der Waals surface area (Å²) in [6, 6.07) is 12.7. The third-order valence-electron chi connectivity index (χ3n) is 3.81. The molecule has 0 aliphatic carbocycles. The molecule has 2 nitrogen and oxygen atoms in total. The summed E-state index contributed by atoms with van der Waals surface area (Å²) in [5.74, 6) is 0.693. The van der Waals surface area contributed by atoms with Gasteiger partial charge in [0.2, 0.25) is 0 Å². The number of aromatic nitrogens is 2. The summed E-state index contributed by atoms with van der Waals surface area (Å²) in [6.07, 6.45) is 5.82. The first kappa shape index (κ1) is 15.2. The Morgan fingerprint density at radius 3 is 2.50 bits per heavy atom. The lowest BCUT2D eigenvalue weighted by atomic mass is 10.0. The van der Waals surface area contributed by atoms with Gasteiger partial charge in [-0.1, -0.05) is 19.9 Å². The van der Waals surface area contributed by atoms with E-state index >= 15 is 0 Å². The Labute approximate surface area is 139 Å². The van der Waals surface area contributed by atoms with E-state index in [4.69, 9.17) is 4.98 Å². The van der Waals surface area contributed by atoms with Gasteiger partial charge in [0.25, 0.3) is 0 Å². The van der Waals surface area contributed by atoms with Gasteiger partial charge in [0.1, 0.15) is 0 Å². The number of hydrogen-bond donors (Lipinski definition) is 0. The zero-order valence-electron chi connectivity index (χ0n) is 12.9. The molecule has 22 heavy (non-hydrogen) atoms. The smallest absolute Gasteiger partial charge is 0.0706 e. The normalized spacial score (nSPS) is 11.3. The van der Waals surface area contributed by atoms with E-state index in [2.05, 4.69) is 59.0 Å². The molecule has 0 fully saturated rings. The summed E-state index contributed by atoms with van der Waals surface area (Å²) in [5.41, 5.74) is 4.58. The highest BCUT2D eigenvalue weighted by Gasteiger charge is 2.07. The Hall–Kier alpha value is -1.74. The Kier molecular flexibility index (Phi) is 4.53. The Bertz CT molecular complexity index is 782. The molecule has 3 rings (SSSR count). The lowest BCUT2D eigenvalue weighted by molar-refractivity contribution is 0.581. The Balaban J connectivity index is 1.98. The van der Waals surface area contributed by atoms with E-state index in [1.54, 1.807) is 0 Å². The highest BCUT2D eigenvalue weighted by atomic mass is 79.9. The molecule has 0 amide bonds. The minimum Gasteiger partial charge on any atom is -0.265 e. The van der Waals surface area contributed by atoms with E-state index in [1.165, 1.54) is 11.1 Å². The SMILES string of the molecule is CC(C)CCc1nc2ccc(-c3ccncc3)cc2cc1Br. The van der Waals surface area contributed by atoms with E-state index in [0.29, 0.717) is 5.92 Å². The zero-order chi connectivity index (χ0) is 15.5. The lowest BCUT2D eigenvalue weighted by Gasteiger charge is -2.09. The number of fused-ring (bicyclic) bond motifs is 1. The molecule has 0 aliphatic heterocycles. The fourth-order valence-electron chi connectivity index (χ4n) is 2.52. The monoisotopic (exact) mass is 354 g/mol. The van der Waals surface area contributed by atoms with Crippen molar-refractivity contribution in [3.05, 3.63) is 59.0 Å². The van der Waals surface area contributed by atoms with E-state index < -0.39 is 0 Å². The third kappa shape index (κ3) is 3.36. The van der Waals surface area contributed by atoms with Crippen molar-refractivity contribution in [2.75, 3.05) is 0 Å². The first-order valence-electron chi connectivity index (χ1n) is 7.63. The topological polar surface area (TPSA) is 25.8 Å². The van der Waals surface area contributed by atoms with Crippen molar-refractivity contribution in [1.29, 1.82) is 0 Å². The van der Waals surface area contributed by atoms with Crippen molar-refractivity contribution in [1.82, 2.24) is 9.97 Å². The molecule has 0 bridgehead atoms. The van der Waals surface area contributed by atoms with Crippen LogP contribution in [0.4, 0.5) is 0 Å². The standard InChI is InChI=1S/C19H19BrN2/c1-13(2)3-5-19-17(20)12-16-11-15(4-6-18(16)22-19)14-7-9-21-10-8-14/h4,6-13H,3,5H2,1-2H3. The number of benzene rings is 1. The Morgan fingerprint density at radius 2 is 1.77 bits per heavy atom. The van der Waals surface area contributed by atoms with E-state index in [-0.39, 0.29) is 0 Å². The molecular formula is C19H19BrN2. The summed E-state index contributed by atoms with van der Waals surface area (Å²) in [4.78, 5) is 8.90. The molecular weight excluding hydrogens is 336 g/mol. The van der Waals surface area contributed by atoms with Crippen molar-refractivity contribution in [3.63, 3.8) is 0 Å². The maximum Gasteiger partial charge on any atom is 0.0706 e. The predicted molar refractivity (Wildman–Crippen MR) is 95.8 cm³/mol. The van der Waals surface area contributed by atoms with Gasteiger partial charge in [0.15, 0.2) is 0 Å². The molecule has 0 spiro atoms. The van der Waals surface area contributed by atoms with Crippen LogP contribution >= 0.6 is 15.9 Å². The number of halogens is 1. The molecule has 0 saturated heterocycles. The van der Waals surface area contributed by atoms with E-state index in [9.17, 15) is 0 Å². The minimum atomic E-state index is 0.693. The van der Waals surface area contributed by atoms with Crippen LogP contribution in [-0.4, -0.2) is 9.97 Å². The molecule has 1 aromatic carbocycles. The van der Waals surface area contributed by atoms with Crippen LogP contribution in [0.3, 0.4) is 0 Å². The molecule has 0 radical (unpaired) electrons. The second kappa shape index (κ2) is 6.57. The van der Waals surface area contributed by atoms with Crippen LogP contribution in [0.25, 0.3) is 22.0 Å². The molecule has 112 valence electrons.